The van der Waals surface area contributed by atoms with Crippen LogP contribution in [0.25, 0.3) is 0 Å². The van der Waals surface area contributed by atoms with Crippen LogP contribution in [0.1, 0.15) is 38.7 Å². The Balaban J connectivity index is 0.00000364. The topological polar surface area (TPSA) is 69.7 Å². The van der Waals surface area contributed by atoms with Crippen LogP contribution in [-0.4, -0.2) is 62.8 Å². The number of rotatable bonds is 8. The number of hydrogen-bond donors (Lipinski definition) is 1. The zero-order valence-electron chi connectivity index (χ0n) is 16.5. The van der Waals surface area contributed by atoms with Gasteiger partial charge in [-0.3, -0.25) is 4.79 Å². The molecule has 1 aliphatic rings. The van der Waals surface area contributed by atoms with E-state index < -0.39 is 10.0 Å². The summed E-state index contributed by atoms with van der Waals surface area (Å²) in [6.07, 6.45) is 3.07. The van der Waals surface area contributed by atoms with Gasteiger partial charge in [-0.1, -0.05) is 26.0 Å². The van der Waals surface area contributed by atoms with Gasteiger partial charge in [-0.05, 0) is 50.0 Å². The van der Waals surface area contributed by atoms with E-state index in [9.17, 15) is 13.2 Å². The molecule has 27 heavy (non-hydrogen) atoms. The van der Waals surface area contributed by atoms with Crippen LogP contribution in [0.15, 0.2) is 29.2 Å². The maximum absolute atomic E-state index is 12.5. The molecule has 0 spiro atoms. The number of piperidine rings is 1. The Morgan fingerprint density at radius 2 is 1.67 bits per heavy atom. The van der Waals surface area contributed by atoms with Crippen molar-refractivity contribution in [1.82, 2.24) is 14.5 Å². The van der Waals surface area contributed by atoms with Gasteiger partial charge in [-0.15, -0.1) is 12.4 Å². The molecule has 0 radical (unpaired) electrons. The molecular weight excluding hydrogens is 386 g/mol. The minimum Gasteiger partial charge on any atom is -0.343 e. The molecule has 1 saturated heterocycles. The van der Waals surface area contributed by atoms with Crippen molar-refractivity contribution in [2.45, 2.75) is 50.5 Å². The SMILES string of the molecule is CCN(CC)S(=O)(=O)c1ccc(CCC(=O)N(C)C2CCNCC2)cc1.Cl. The van der Waals surface area contributed by atoms with Crippen molar-refractivity contribution < 1.29 is 13.2 Å². The molecule has 1 heterocycles. The van der Waals surface area contributed by atoms with Gasteiger partial charge in [0, 0.05) is 32.6 Å². The van der Waals surface area contributed by atoms with E-state index in [2.05, 4.69) is 5.32 Å². The predicted molar refractivity (Wildman–Crippen MR) is 111 cm³/mol. The third-order valence-corrected chi connectivity index (χ3v) is 7.21. The van der Waals surface area contributed by atoms with Gasteiger partial charge >= 0.3 is 0 Å². The van der Waals surface area contributed by atoms with Crippen molar-refractivity contribution >= 4 is 28.3 Å². The number of carbonyl (C=O) groups excluding carboxylic acids is 1. The summed E-state index contributed by atoms with van der Waals surface area (Å²) in [5.41, 5.74) is 0.982. The standard InChI is InChI=1S/C19H31N3O3S.ClH/c1-4-22(5-2)26(24,25)18-9-6-16(7-10-18)8-11-19(23)21(3)17-12-14-20-15-13-17;/h6-7,9-10,17,20H,4-5,8,11-15H2,1-3H3;1H. The zero-order chi connectivity index (χ0) is 19.2. The summed E-state index contributed by atoms with van der Waals surface area (Å²) in [5.74, 6) is 0.150. The summed E-state index contributed by atoms with van der Waals surface area (Å²) < 4.78 is 26.4. The highest BCUT2D eigenvalue weighted by Gasteiger charge is 2.22. The second kappa shape index (κ2) is 11.0. The van der Waals surface area contributed by atoms with E-state index in [0.717, 1.165) is 31.5 Å². The van der Waals surface area contributed by atoms with Crippen LogP contribution in [0.5, 0.6) is 0 Å². The molecule has 0 saturated carbocycles. The predicted octanol–water partition coefficient (Wildman–Crippen LogP) is 2.28. The minimum atomic E-state index is -3.42. The molecule has 1 aliphatic heterocycles. The molecule has 8 heteroatoms. The molecule has 1 N–H and O–H groups in total. The first-order valence-corrected chi connectivity index (χ1v) is 10.9. The highest BCUT2D eigenvalue weighted by Crippen LogP contribution is 2.17. The molecular formula is C19H32ClN3O3S. The normalized spacial score (nSPS) is 15.4. The fourth-order valence-corrected chi connectivity index (χ4v) is 4.82. The van der Waals surface area contributed by atoms with E-state index in [4.69, 9.17) is 0 Å². The molecule has 1 amide bonds. The number of hydrogen-bond acceptors (Lipinski definition) is 4. The first-order chi connectivity index (χ1) is 12.4. The third kappa shape index (κ3) is 6.17. The van der Waals surface area contributed by atoms with Crippen LogP contribution in [0.2, 0.25) is 0 Å². The number of halogens is 1. The molecule has 2 rings (SSSR count). The van der Waals surface area contributed by atoms with Gasteiger partial charge in [-0.2, -0.15) is 4.31 Å². The van der Waals surface area contributed by atoms with Gasteiger partial charge in [0.15, 0.2) is 0 Å². The second-order valence-corrected chi connectivity index (χ2v) is 8.66. The largest absolute Gasteiger partial charge is 0.343 e. The summed E-state index contributed by atoms with van der Waals surface area (Å²) in [7, 11) is -1.54. The second-order valence-electron chi connectivity index (χ2n) is 6.72. The van der Waals surface area contributed by atoms with Crippen LogP contribution in [-0.2, 0) is 21.2 Å². The molecule has 0 aromatic heterocycles. The summed E-state index contributed by atoms with van der Waals surface area (Å²) in [6.45, 7) is 6.51. The smallest absolute Gasteiger partial charge is 0.243 e. The van der Waals surface area contributed by atoms with Gasteiger partial charge in [0.1, 0.15) is 0 Å². The van der Waals surface area contributed by atoms with Crippen molar-refractivity contribution in [3.05, 3.63) is 29.8 Å². The minimum absolute atomic E-state index is 0. The monoisotopic (exact) mass is 417 g/mol. The van der Waals surface area contributed by atoms with Crippen LogP contribution in [0.3, 0.4) is 0 Å². The van der Waals surface area contributed by atoms with Crippen molar-refractivity contribution in [3.63, 3.8) is 0 Å². The number of nitrogens with one attached hydrogen (secondary N) is 1. The van der Waals surface area contributed by atoms with Gasteiger partial charge in [0.05, 0.1) is 4.90 Å². The molecule has 0 aliphatic carbocycles. The highest BCUT2D eigenvalue weighted by atomic mass is 35.5. The zero-order valence-corrected chi connectivity index (χ0v) is 18.1. The Morgan fingerprint density at radius 3 is 2.19 bits per heavy atom. The van der Waals surface area contributed by atoms with Crippen molar-refractivity contribution in [2.75, 3.05) is 33.2 Å². The lowest BCUT2D eigenvalue weighted by atomic mass is 10.0. The van der Waals surface area contributed by atoms with E-state index >= 15 is 0 Å². The lowest BCUT2D eigenvalue weighted by molar-refractivity contribution is -0.132. The van der Waals surface area contributed by atoms with E-state index in [0.29, 0.717) is 36.9 Å². The lowest BCUT2D eigenvalue weighted by Gasteiger charge is -2.31. The Bertz CT molecular complexity index is 685. The molecule has 0 unspecified atom stereocenters. The maximum Gasteiger partial charge on any atom is 0.243 e. The quantitative estimate of drug-likeness (QED) is 0.704. The lowest BCUT2D eigenvalue weighted by Crippen LogP contribution is -2.44. The van der Waals surface area contributed by atoms with Gasteiger partial charge in [0.2, 0.25) is 15.9 Å². The molecule has 1 aromatic rings. The van der Waals surface area contributed by atoms with E-state index in [1.165, 1.54) is 4.31 Å². The number of amides is 1. The van der Waals surface area contributed by atoms with Crippen molar-refractivity contribution in [1.29, 1.82) is 0 Å². The highest BCUT2D eigenvalue weighted by molar-refractivity contribution is 7.89. The van der Waals surface area contributed by atoms with Crippen molar-refractivity contribution in [3.8, 4) is 0 Å². The molecule has 1 fully saturated rings. The number of benzene rings is 1. The van der Waals surface area contributed by atoms with Gasteiger partial charge in [-0.25, -0.2) is 8.42 Å². The summed E-state index contributed by atoms with van der Waals surface area (Å²) >= 11 is 0. The van der Waals surface area contributed by atoms with Crippen LogP contribution < -0.4 is 5.32 Å². The number of aryl methyl sites for hydroxylation is 1. The molecule has 0 atom stereocenters. The average Bonchev–Trinajstić information content (AvgIpc) is 2.67. The summed E-state index contributed by atoms with van der Waals surface area (Å²) in [6, 6.07) is 7.24. The molecule has 1 aromatic carbocycles. The Morgan fingerprint density at radius 1 is 1.11 bits per heavy atom. The summed E-state index contributed by atoms with van der Waals surface area (Å²) in [4.78, 5) is 14.6. The van der Waals surface area contributed by atoms with Crippen LogP contribution in [0, 0.1) is 0 Å². The van der Waals surface area contributed by atoms with E-state index in [1.54, 1.807) is 12.1 Å². The maximum atomic E-state index is 12.5. The molecule has 0 bridgehead atoms. The van der Waals surface area contributed by atoms with E-state index in [1.807, 2.05) is 37.9 Å². The van der Waals surface area contributed by atoms with Crippen molar-refractivity contribution in [2.24, 2.45) is 0 Å². The first-order valence-electron chi connectivity index (χ1n) is 9.45. The number of nitrogens with zero attached hydrogens (tertiary/aromatic N) is 2. The van der Waals surface area contributed by atoms with Gasteiger partial charge in [0.25, 0.3) is 0 Å². The number of sulfonamides is 1. The Hall–Kier alpha value is -1.15. The molecule has 154 valence electrons. The fraction of sp³-hybridized carbons (Fsp3) is 0.632. The van der Waals surface area contributed by atoms with Crippen LogP contribution in [0.4, 0.5) is 0 Å². The average molecular weight is 418 g/mol. The number of carbonyl (C=O) groups is 1. The third-order valence-electron chi connectivity index (χ3n) is 5.14. The Kier molecular flexibility index (Phi) is 9.73. The van der Waals surface area contributed by atoms with Gasteiger partial charge < -0.3 is 10.2 Å². The molecule has 6 nitrogen and oxygen atoms in total. The Labute approximate surface area is 169 Å². The first kappa shape index (κ1) is 23.9. The fourth-order valence-electron chi connectivity index (χ4n) is 3.37. The summed E-state index contributed by atoms with van der Waals surface area (Å²) in [5, 5.41) is 3.31. The van der Waals surface area contributed by atoms with E-state index in [-0.39, 0.29) is 18.3 Å². The van der Waals surface area contributed by atoms with Crippen LogP contribution >= 0.6 is 12.4 Å².